The molecule has 2 aliphatic carbocycles. The molecule has 3 rings (SSSR count). The van der Waals surface area contributed by atoms with E-state index in [1.807, 2.05) is 0 Å². The number of fused-ring (bicyclic) bond motifs is 1. The van der Waals surface area contributed by atoms with Gasteiger partial charge < -0.3 is 20.3 Å². The molecule has 0 heterocycles. The van der Waals surface area contributed by atoms with Crippen molar-refractivity contribution in [3.63, 3.8) is 0 Å². The maximum Gasteiger partial charge on any atom is 0.405 e. The highest BCUT2D eigenvalue weighted by Gasteiger charge is 2.44. The van der Waals surface area contributed by atoms with Crippen molar-refractivity contribution in [2.75, 3.05) is 6.61 Å². The third-order valence-electron chi connectivity index (χ3n) is 7.87. The van der Waals surface area contributed by atoms with Crippen LogP contribution in [0.4, 0.5) is 4.79 Å². The number of aliphatic hydroxyl groups is 1. The van der Waals surface area contributed by atoms with Crippen molar-refractivity contribution in [1.82, 2.24) is 5.32 Å². The summed E-state index contributed by atoms with van der Waals surface area (Å²) in [6.07, 6.45) is 7.02. The molecule has 186 valence electrons. The third-order valence-corrected chi connectivity index (χ3v) is 7.87. The minimum absolute atomic E-state index is 0.0600. The molecular formula is C28H45NO4. The zero-order chi connectivity index (χ0) is 24.4. The summed E-state index contributed by atoms with van der Waals surface area (Å²) in [5.41, 5.74) is 1.98. The first kappa shape index (κ1) is 25.9. The van der Waals surface area contributed by atoms with Gasteiger partial charge in [0, 0.05) is 0 Å². The van der Waals surface area contributed by atoms with Gasteiger partial charge in [0.2, 0.25) is 0 Å². The Morgan fingerprint density at radius 1 is 1.00 bits per heavy atom. The standard InChI is InChI=1S/C28H45NO4/c1-26(2,3)17-28(18-30,29-25(31)32)22-9-7-20-16-24(12-8-19(20)15-22)33-23-13-10-21(11-14-23)27(4,5)6/h8,12,16,21-23,29-30H,7,9-11,13-15,17-18H2,1-6H3,(H,31,32)/t21?,22-,23?,28+/m1/s1. The predicted octanol–water partition coefficient (Wildman–Crippen LogP) is 6.21. The Morgan fingerprint density at radius 3 is 2.21 bits per heavy atom. The predicted molar refractivity (Wildman–Crippen MR) is 133 cm³/mol. The molecule has 0 saturated heterocycles. The highest BCUT2D eigenvalue weighted by Crippen LogP contribution is 2.41. The minimum Gasteiger partial charge on any atom is -0.490 e. The first-order chi connectivity index (χ1) is 15.3. The van der Waals surface area contributed by atoms with Crippen molar-refractivity contribution < 1.29 is 19.7 Å². The van der Waals surface area contributed by atoms with Gasteiger partial charge in [0.15, 0.2) is 0 Å². The molecule has 1 fully saturated rings. The fourth-order valence-electron chi connectivity index (χ4n) is 6.19. The van der Waals surface area contributed by atoms with Gasteiger partial charge in [-0.1, -0.05) is 47.6 Å². The van der Waals surface area contributed by atoms with Crippen LogP contribution in [0.5, 0.6) is 5.75 Å². The number of hydrogen-bond acceptors (Lipinski definition) is 3. The van der Waals surface area contributed by atoms with Gasteiger partial charge in [-0.25, -0.2) is 4.79 Å². The van der Waals surface area contributed by atoms with E-state index in [0.717, 1.165) is 43.8 Å². The molecule has 0 bridgehead atoms. The number of amides is 1. The summed E-state index contributed by atoms with van der Waals surface area (Å²) in [4.78, 5) is 11.6. The minimum atomic E-state index is -1.07. The number of carbonyl (C=O) groups is 1. The lowest BCUT2D eigenvalue weighted by molar-refractivity contribution is 0.0553. The van der Waals surface area contributed by atoms with Crippen molar-refractivity contribution in [3.05, 3.63) is 29.3 Å². The molecule has 0 aliphatic heterocycles. The van der Waals surface area contributed by atoms with Gasteiger partial charge in [-0.05, 0) is 97.3 Å². The number of carboxylic acid groups (broad SMARTS) is 1. The fourth-order valence-corrected chi connectivity index (χ4v) is 6.19. The van der Waals surface area contributed by atoms with Crippen LogP contribution in [0.3, 0.4) is 0 Å². The molecule has 3 N–H and O–H groups in total. The van der Waals surface area contributed by atoms with Crippen LogP contribution < -0.4 is 10.1 Å². The Bertz CT molecular complexity index is 814. The van der Waals surface area contributed by atoms with Gasteiger partial charge in [-0.15, -0.1) is 0 Å². The van der Waals surface area contributed by atoms with Crippen molar-refractivity contribution in [2.24, 2.45) is 22.7 Å². The highest BCUT2D eigenvalue weighted by atomic mass is 16.5. The monoisotopic (exact) mass is 459 g/mol. The third kappa shape index (κ3) is 6.65. The molecule has 0 aromatic heterocycles. The fraction of sp³-hybridized carbons (Fsp3) is 0.750. The van der Waals surface area contributed by atoms with E-state index in [2.05, 4.69) is 65.1 Å². The average Bonchev–Trinajstić information content (AvgIpc) is 2.71. The molecule has 5 nitrogen and oxygen atoms in total. The first-order valence-corrected chi connectivity index (χ1v) is 12.7. The molecule has 1 saturated carbocycles. The average molecular weight is 460 g/mol. The first-order valence-electron chi connectivity index (χ1n) is 12.7. The zero-order valence-electron chi connectivity index (χ0n) is 21.5. The molecule has 2 aliphatic rings. The molecule has 0 unspecified atom stereocenters. The summed E-state index contributed by atoms with van der Waals surface area (Å²) < 4.78 is 6.39. The Kier molecular flexibility index (Phi) is 7.72. The van der Waals surface area contributed by atoms with Gasteiger partial charge in [-0.3, -0.25) is 0 Å². The van der Waals surface area contributed by atoms with Gasteiger partial charge in [0.05, 0.1) is 18.2 Å². The van der Waals surface area contributed by atoms with Crippen molar-refractivity contribution in [1.29, 1.82) is 0 Å². The lowest BCUT2D eigenvalue weighted by atomic mass is 9.67. The Labute approximate surface area is 200 Å². The molecule has 1 amide bonds. The topological polar surface area (TPSA) is 78.8 Å². The van der Waals surface area contributed by atoms with Crippen molar-refractivity contribution in [3.8, 4) is 5.75 Å². The van der Waals surface area contributed by atoms with Gasteiger partial charge in [0.25, 0.3) is 0 Å². The highest BCUT2D eigenvalue weighted by molar-refractivity contribution is 5.65. The molecule has 0 radical (unpaired) electrons. The quantitative estimate of drug-likeness (QED) is 0.472. The molecule has 2 atom stereocenters. The Balaban J connectivity index is 1.69. The lowest BCUT2D eigenvalue weighted by Crippen LogP contribution is -2.59. The van der Waals surface area contributed by atoms with E-state index in [9.17, 15) is 15.0 Å². The Hall–Kier alpha value is -1.75. The number of aliphatic hydroxyl groups excluding tert-OH is 1. The van der Waals surface area contributed by atoms with Gasteiger partial charge in [0.1, 0.15) is 5.75 Å². The summed E-state index contributed by atoms with van der Waals surface area (Å²) in [6.45, 7) is 13.1. The van der Waals surface area contributed by atoms with E-state index in [-0.39, 0.29) is 17.9 Å². The Morgan fingerprint density at radius 2 is 1.67 bits per heavy atom. The smallest absolute Gasteiger partial charge is 0.405 e. The number of rotatable bonds is 6. The van der Waals surface area contributed by atoms with E-state index in [1.165, 1.54) is 24.0 Å². The summed E-state index contributed by atoms with van der Waals surface area (Å²) in [7, 11) is 0. The largest absolute Gasteiger partial charge is 0.490 e. The second-order valence-corrected chi connectivity index (χ2v) is 12.8. The maximum atomic E-state index is 11.6. The number of hydrogen-bond donors (Lipinski definition) is 3. The van der Waals surface area contributed by atoms with E-state index >= 15 is 0 Å². The number of benzene rings is 1. The molecule has 1 aromatic rings. The zero-order valence-corrected chi connectivity index (χ0v) is 21.5. The van der Waals surface area contributed by atoms with Crippen molar-refractivity contribution in [2.45, 2.75) is 105 Å². The van der Waals surface area contributed by atoms with Crippen LogP contribution in [0.2, 0.25) is 0 Å². The van der Waals surface area contributed by atoms with Crippen LogP contribution in [-0.4, -0.2) is 34.6 Å². The summed E-state index contributed by atoms with van der Waals surface area (Å²) in [6, 6.07) is 6.42. The van der Waals surface area contributed by atoms with Crippen LogP contribution >= 0.6 is 0 Å². The molecule has 1 aromatic carbocycles. The van der Waals surface area contributed by atoms with Gasteiger partial charge in [-0.2, -0.15) is 0 Å². The SMILES string of the molecule is CC(C)(C)C[C@@](CO)(NC(=O)O)[C@@H]1CCc2cc(OC3CCC(C(C)(C)C)CC3)ccc2C1. The molecule has 33 heavy (non-hydrogen) atoms. The maximum absolute atomic E-state index is 11.6. The number of nitrogens with one attached hydrogen (secondary N) is 1. The van der Waals surface area contributed by atoms with Gasteiger partial charge >= 0.3 is 6.09 Å². The normalized spacial score (nSPS) is 25.6. The van der Waals surface area contributed by atoms with E-state index in [1.54, 1.807) is 0 Å². The number of aryl methyl sites for hydroxylation is 1. The number of ether oxygens (including phenoxy) is 1. The second kappa shape index (κ2) is 9.85. The van der Waals surface area contributed by atoms with Crippen LogP contribution in [0.15, 0.2) is 18.2 Å². The summed E-state index contributed by atoms with van der Waals surface area (Å²) in [5.74, 6) is 1.79. The van der Waals surface area contributed by atoms with Crippen LogP contribution in [-0.2, 0) is 12.8 Å². The molecule has 0 spiro atoms. The molecule has 5 heteroatoms. The summed E-state index contributed by atoms with van der Waals surface area (Å²) in [5, 5.41) is 22.6. The summed E-state index contributed by atoms with van der Waals surface area (Å²) >= 11 is 0. The van der Waals surface area contributed by atoms with Crippen LogP contribution in [0.25, 0.3) is 0 Å². The van der Waals surface area contributed by atoms with E-state index in [4.69, 9.17) is 4.74 Å². The molecular weight excluding hydrogens is 414 g/mol. The van der Waals surface area contributed by atoms with E-state index in [0.29, 0.717) is 17.9 Å². The van der Waals surface area contributed by atoms with E-state index < -0.39 is 11.6 Å². The second-order valence-electron chi connectivity index (χ2n) is 12.8. The van der Waals surface area contributed by atoms with Crippen LogP contribution in [0, 0.1) is 22.7 Å². The lowest BCUT2D eigenvalue weighted by Gasteiger charge is -2.45. The van der Waals surface area contributed by atoms with Crippen LogP contribution in [0.1, 0.15) is 91.2 Å². The van der Waals surface area contributed by atoms with Crippen molar-refractivity contribution >= 4 is 6.09 Å².